The molecule has 2 rings (SSSR count). The van der Waals surface area contributed by atoms with Crippen LogP contribution in [0.2, 0.25) is 5.02 Å². The van der Waals surface area contributed by atoms with Crippen molar-refractivity contribution in [3.05, 3.63) is 53.4 Å². The normalized spacial score (nSPS) is 12.5. The van der Waals surface area contributed by atoms with E-state index in [-0.39, 0.29) is 6.04 Å². The molecule has 0 amide bonds. The number of hydrogen-bond donors (Lipinski definition) is 1. The van der Waals surface area contributed by atoms with Gasteiger partial charge in [-0.15, -0.1) is 11.8 Å². The summed E-state index contributed by atoms with van der Waals surface area (Å²) < 4.78 is 5.50. The minimum atomic E-state index is 0.219. The van der Waals surface area contributed by atoms with Gasteiger partial charge in [0.25, 0.3) is 0 Å². The van der Waals surface area contributed by atoms with E-state index in [0.717, 1.165) is 34.4 Å². The maximum Gasteiger partial charge on any atom is 0.121 e. The third kappa shape index (κ3) is 4.30. The van der Waals surface area contributed by atoms with Crippen molar-refractivity contribution in [2.45, 2.75) is 24.3 Å². The van der Waals surface area contributed by atoms with Crippen molar-refractivity contribution in [2.75, 3.05) is 12.3 Å². The van der Waals surface area contributed by atoms with Crippen LogP contribution in [0.15, 0.2) is 52.0 Å². The highest BCUT2D eigenvalue weighted by Gasteiger charge is 2.14. The van der Waals surface area contributed by atoms with E-state index in [1.54, 1.807) is 18.0 Å². The fourth-order valence-electron chi connectivity index (χ4n) is 1.78. The first-order chi connectivity index (χ1) is 9.31. The van der Waals surface area contributed by atoms with Crippen molar-refractivity contribution in [2.24, 2.45) is 0 Å². The molecule has 19 heavy (non-hydrogen) atoms. The van der Waals surface area contributed by atoms with E-state index < -0.39 is 0 Å². The zero-order chi connectivity index (χ0) is 13.5. The molecule has 4 heteroatoms. The molecule has 0 aliphatic heterocycles. The van der Waals surface area contributed by atoms with Crippen molar-refractivity contribution < 1.29 is 4.42 Å². The van der Waals surface area contributed by atoms with Crippen LogP contribution in [0.4, 0.5) is 0 Å². The largest absolute Gasteiger partial charge is 0.468 e. The van der Waals surface area contributed by atoms with E-state index in [4.69, 9.17) is 16.0 Å². The van der Waals surface area contributed by atoms with Crippen LogP contribution in [-0.2, 0) is 0 Å². The average molecular weight is 296 g/mol. The second kappa shape index (κ2) is 7.63. The lowest BCUT2D eigenvalue weighted by molar-refractivity contribution is 0.435. The van der Waals surface area contributed by atoms with Gasteiger partial charge in [-0.25, -0.2) is 0 Å². The monoisotopic (exact) mass is 295 g/mol. The summed E-state index contributed by atoms with van der Waals surface area (Å²) in [5, 5.41) is 4.31. The Hall–Kier alpha value is -0.900. The molecule has 2 aromatic rings. The van der Waals surface area contributed by atoms with Gasteiger partial charge in [-0.1, -0.05) is 30.7 Å². The lowest BCUT2D eigenvalue weighted by Crippen LogP contribution is -2.23. The first kappa shape index (κ1) is 14.5. The Balaban J connectivity index is 1.99. The molecule has 1 aromatic carbocycles. The van der Waals surface area contributed by atoms with Crippen molar-refractivity contribution in [3.63, 3.8) is 0 Å². The molecule has 1 unspecified atom stereocenters. The Morgan fingerprint density at radius 3 is 2.79 bits per heavy atom. The van der Waals surface area contributed by atoms with Crippen LogP contribution in [0.25, 0.3) is 0 Å². The smallest absolute Gasteiger partial charge is 0.121 e. The zero-order valence-electron chi connectivity index (χ0n) is 10.9. The molecule has 0 aliphatic carbocycles. The van der Waals surface area contributed by atoms with Crippen LogP contribution < -0.4 is 5.32 Å². The van der Waals surface area contributed by atoms with Crippen LogP contribution in [0.1, 0.15) is 25.1 Å². The van der Waals surface area contributed by atoms with Gasteiger partial charge in [0.1, 0.15) is 5.76 Å². The summed E-state index contributed by atoms with van der Waals surface area (Å²) in [7, 11) is 0. The molecule has 2 nitrogen and oxygen atoms in total. The van der Waals surface area contributed by atoms with E-state index >= 15 is 0 Å². The quantitative estimate of drug-likeness (QED) is 0.745. The van der Waals surface area contributed by atoms with Crippen LogP contribution >= 0.6 is 23.4 Å². The van der Waals surface area contributed by atoms with Gasteiger partial charge in [0.15, 0.2) is 0 Å². The first-order valence-corrected chi connectivity index (χ1v) is 7.81. The minimum absolute atomic E-state index is 0.219. The third-order valence-electron chi connectivity index (χ3n) is 2.77. The fraction of sp³-hybridized carbons (Fsp3) is 0.333. The SMILES string of the molecule is CCCNC(CSc1ccccc1Cl)c1ccco1. The van der Waals surface area contributed by atoms with Gasteiger partial charge in [0.2, 0.25) is 0 Å². The molecule has 1 aromatic heterocycles. The summed E-state index contributed by atoms with van der Waals surface area (Å²) >= 11 is 7.92. The van der Waals surface area contributed by atoms with Crippen molar-refractivity contribution in [1.82, 2.24) is 5.32 Å². The first-order valence-electron chi connectivity index (χ1n) is 6.45. The molecular formula is C15H18ClNOS. The molecule has 0 saturated carbocycles. The van der Waals surface area contributed by atoms with Crippen LogP contribution in [-0.4, -0.2) is 12.3 Å². The molecule has 0 radical (unpaired) electrons. The van der Waals surface area contributed by atoms with E-state index in [0.29, 0.717) is 0 Å². The molecule has 1 heterocycles. The van der Waals surface area contributed by atoms with Crippen molar-refractivity contribution >= 4 is 23.4 Å². The van der Waals surface area contributed by atoms with Crippen molar-refractivity contribution in [3.8, 4) is 0 Å². The Morgan fingerprint density at radius 1 is 1.26 bits per heavy atom. The Kier molecular flexibility index (Phi) is 5.83. The summed E-state index contributed by atoms with van der Waals surface area (Å²) in [5.41, 5.74) is 0. The van der Waals surface area contributed by atoms with Crippen LogP contribution in [0, 0.1) is 0 Å². The summed E-state index contributed by atoms with van der Waals surface area (Å²) in [6.45, 7) is 3.14. The molecule has 0 saturated heterocycles. The van der Waals surface area contributed by atoms with Gasteiger partial charge in [0.05, 0.1) is 17.3 Å². The van der Waals surface area contributed by atoms with E-state index in [1.165, 1.54) is 0 Å². The van der Waals surface area contributed by atoms with Crippen LogP contribution in [0.5, 0.6) is 0 Å². The molecule has 1 N–H and O–H groups in total. The predicted octanol–water partition coefficient (Wildman–Crippen LogP) is 4.77. The molecule has 0 fully saturated rings. The Labute approximate surface area is 123 Å². The summed E-state index contributed by atoms with van der Waals surface area (Å²) in [6, 6.07) is 12.1. The number of hydrogen-bond acceptors (Lipinski definition) is 3. The Bertz CT molecular complexity index is 487. The van der Waals surface area contributed by atoms with Crippen molar-refractivity contribution in [1.29, 1.82) is 0 Å². The third-order valence-corrected chi connectivity index (χ3v) is 4.38. The summed E-state index contributed by atoms with van der Waals surface area (Å²) in [6.07, 6.45) is 2.82. The number of furan rings is 1. The Morgan fingerprint density at radius 2 is 2.11 bits per heavy atom. The highest BCUT2D eigenvalue weighted by molar-refractivity contribution is 7.99. The van der Waals surface area contributed by atoms with Crippen LogP contribution in [0.3, 0.4) is 0 Å². The second-order valence-electron chi connectivity index (χ2n) is 4.26. The van der Waals surface area contributed by atoms with Gasteiger partial charge >= 0.3 is 0 Å². The van der Waals surface area contributed by atoms with E-state index in [1.807, 2.05) is 36.4 Å². The number of nitrogens with one attached hydrogen (secondary N) is 1. The van der Waals surface area contributed by atoms with E-state index in [9.17, 15) is 0 Å². The lowest BCUT2D eigenvalue weighted by Gasteiger charge is -2.16. The molecule has 0 bridgehead atoms. The molecule has 102 valence electrons. The predicted molar refractivity (Wildman–Crippen MR) is 81.9 cm³/mol. The molecule has 0 spiro atoms. The highest BCUT2D eigenvalue weighted by atomic mass is 35.5. The number of halogens is 1. The zero-order valence-corrected chi connectivity index (χ0v) is 12.5. The minimum Gasteiger partial charge on any atom is -0.468 e. The van der Waals surface area contributed by atoms with E-state index in [2.05, 4.69) is 12.2 Å². The standard InChI is InChI=1S/C15H18ClNOS/c1-2-9-17-13(14-7-5-10-18-14)11-19-15-8-4-3-6-12(15)16/h3-8,10,13,17H,2,9,11H2,1H3. The van der Waals surface area contributed by atoms with Gasteiger partial charge < -0.3 is 9.73 Å². The second-order valence-corrected chi connectivity index (χ2v) is 5.73. The number of benzene rings is 1. The topological polar surface area (TPSA) is 25.2 Å². The number of rotatable bonds is 7. The maximum absolute atomic E-state index is 6.17. The average Bonchev–Trinajstić information content (AvgIpc) is 2.94. The summed E-state index contributed by atoms with van der Waals surface area (Å²) in [5.74, 6) is 1.88. The van der Waals surface area contributed by atoms with Gasteiger partial charge in [-0.05, 0) is 37.2 Å². The van der Waals surface area contributed by atoms with Gasteiger partial charge in [-0.3, -0.25) is 0 Å². The fourth-order valence-corrected chi connectivity index (χ4v) is 3.09. The lowest BCUT2D eigenvalue weighted by atomic mass is 10.2. The van der Waals surface area contributed by atoms with Gasteiger partial charge in [-0.2, -0.15) is 0 Å². The molecule has 1 atom stereocenters. The highest BCUT2D eigenvalue weighted by Crippen LogP contribution is 2.30. The summed E-state index contributed by atoms with van der Waals surface area (Å²) in [4.78, 5) is 1.11. The maximum atomic E-state index is 6.17. The number of thioether (sulfide) groups is 1. The molecule has 0 aliphatic rings. The molecular weight excluding hydrogens is 278 g/mol. The van der Waals surface area contributed by atoms with Gasteiger partial charge in [0, 0.05) is 10.6 Å².